The Balaban J connectivity index is 1.39. The molecule has 1 aliphatic heterocycles. The van der Waals surface area contributed by atoms with Crippen LogP contribution in [-0.4, -0.2) is 59.9 Å². The fraction of sp³-hybridized carbons (Fsp3) is 0.320. The lowest BCUT2D eigenvalue weighted by Crippen LogP contribution is -2.50. The number of carbonyl (C=O) groups is 2. The maximum atomic E-state index is 13.0. The lowest BCUT2D eigenvalue weighted by Gasteiger charge is -2.34. The van der Waals surface area contributed by atoms with Crippen LogP contribution in [-0.2, 0) is 0 Å². The molecular weight excluding hydrogens is 422 g/mol. The quantitative estimate of drug-likeness (QED) is 0.574. The maximum Gasteiger partial charge on any atom is 0.273 e. The van der Waals surface area contributed by atoms with Crippen molar-refractivity contribution in [2.75, 3.05) is 33.3 Å². The van der Waals surface area contributed by atoms with Gasteiger partial charge < -0.3 is 14.5 Å². The highest BCUT2D eigenvalue weighted by Gasteiger charge is 2.27. The Kier molecular flexibility index (Phi) is 6.55. The number of piperazine rings is 1. The zero-order valence-electron chi connectivity index (χ0n) is 18.6. The van der Waals surface area contributed by atoms with Gasteiger partial charge in [0.15, 0.2) is 0 Å². The minimum Gasteiger partial charge on any atom is -0.496 e. The number of nitrogens with zero attached hydrogens (tertiary/aromatic N) is 3. The third kappa shape index (κ3) is 4.53. The van der Waals surface area contributed by atoms with Crippen molar-refractivity contribution in [3.05, 3.63) is 70.7 Å². The number of carbonyl (C=O) groups excluding carboxylic acids is 2. The molecule has 0 spiro atoms. The Labute approximate surface area is 192 Å². The second kappa shape index (κ2) is 9.53. The largest absolute Gasteiger partial charge is 0.496 e. The van der Waals surface area contributed by atoms with E-state index in [1.807, 2.05) is 53.4 Å². The summed E-state index contributed by atoms with van der Waals surface area (Å²) in [5, 5.41) is 2.54. The summed E-state index contributed by atoms with van der Waals surface area (Å²) in [5.74, 6) is 1.08. The number of amides is 2. The molecule has 1 fully saturated rings. The van der Waals surface area contributed by atoms with E-state index in [0.29, 0.717) is 43.4 Å². The molecule has 2 heterocycles. The predicted molar refractivity (Wildman–Crippen MR) is 126 cm³/mol. The number of aromatic nitrogens is 1. The highest BCUT2D eigenvalue weighted by atomic mass is 32.1. The summed E-state index contributed by atoms with van der Waals surface area (Å²) in [4.78, 5) is 34.0. The maximum absolute atomic E-state index is 13.0. The molecule has 0 saturated carbocycles. The molecule has 7 heteroatoms. The zero-order valence-corrected chi connectivity index (χ0v) is 19.4. The van der Waals surface area contributed by atoms with E-state index in [0.717, 1.165) is 16.3 Å². The third-order valence-corrected chi connectivity index (χ3v) is 6.61. The van der Waals surface area contributed by atoms with Crippen molar-refractivity contribution in [3.63, 3.8) is 0 Å². The van der Waals surface area contributed by atoms with Crippen LogP contribution in [0.4, 0.5) is 0 Å². The van der Waals surface area contributed by atoms with E-state index < -0.39 is 0 Å². The van der Waals surface area contributed by atoms with Crippen LogP contribution >= 0.6 is 11.3 Å². The molecule has 0 bridgehead atoms. The smallest absolute Gasteiger partial charge is 0.273 e. The van der Waals surface area contributed by atoms with Crippen LogP contribution in [0.3, 0.4) is 0 Å². The van der Waals surface area contributed by atoms with Gasteiger partial charge in [-0.1, -0.05) is 38.1 Å². The van der Waals surface area contributed by atoms with Gasteiger partial charge in [0.05, 0.1) is 12.7 Å². The Morgan fingerprint density at radius 3 is 2.19 bits per heavy atom. The van der Waals surface area contributed by atoms with Crippen LogP contribution in [0, 0.1) is 0 Å². The lowest BCUT2D eigenvalue weighted by atomic mass is 10.0. The molecule has 0 atom stereocenters. The van der Waals surface area contributed by atoms with E-state index >= 15 is 0 Å². The topological polar surface area (TPSA) is 62.7 Å². The molecule has 1 saturated heterocycles. The van der Waals surface area contributed by atoms with Crippen molar-refractivity contribution < 1.29 is 14.3 Å². The van der Waals surface area contributed by atoms with Crippen molar-refractivity contribution in [3.8, 4) is 16.3 Å². The van der Waals surface area contributed by atoms with E-state index in [1.165, 1.54) is 16.9 Å². The molecule has 1 aromatic heterocycles. The van der Waals surface area contributed by atoms with Crippen molar-refractivity contribution in [2.45, 2.75) is 19.8 Å². The van der Waals surface area contributed by atoms with Crippen LogP contribution in [0.5, 0.6) is 5.75 Å². The van der Waals surface area contributed by atoms with E-state index in [-0.39, 0.29) is 11.8 Å². The summed E-state index contributed by atoms with van der Waals surface area (Å²) in [6, 6.07) is 15.5. The first-order valence-electron chi connectivity index (χ1n) is 10.8. The minimum absolute atomic E-state index is 0.0134. The van der Waals surface area contributed by atoms with Crippen LogP contribution in [0.1, 0.15) is 46.2 Å². The van der Waals surface area contributed by atoms with Crippen LogP contribution < -0.4 is 4.74 Å². The highest BCUT2D eigenvalue weighted by molar-refractivity contribution is 7.13. The van der Waals surface area contributed by atoms with Gasteiger partial charge in [-0.05, 0) is 35.7 Å². The Bertz CT molecular complexity index is 1100. The predicted octanol–water partition coefficient (Wildman–Crippen LogP) is 4.54. The highest BCUT2D eigenvalue weighted by Crippen LogP contribution is 2.32. The zero-order chi connectivity index (χ0) is 22.7. The molecule has 3 aromatic rings. The number of para-hydroxylation sites is 1. The first-order valence-corrected chi connectivity index (χ1v) is 11.6. The van der Waals surface area contributed by atoms with Gasteiger partial charge >= 0.3 is 0 Å². The van der Waals surface area contributed by atoms with Crippen LogP contribution in [0.2, 0.25) is 0 Å². The number of hydrogen-bond donors (Lipinski definition) is 0. The number of ether oxygens (including phenoxy) is 1. The van der Waals surface area contributed by atoms with E-state index in [2.05, 4.69) is 18.8 Å². The fourth-order valence-electron chi connectivity index (χ4n) is 3.78. The van der Waals surface area contributed by atoms with E-state index in [9.17, 15) is 9.59 Å². The van der Waals surface area contributed by atoms with Gasteiger partial charge in [0.2, 0.25) is 0 Å². The number of rotatable bonds is 5. The molecule has 0 radical (unpaired) electrons. The molecule has 0 unspecified atom stereocenters. The van der Waals surface area contributed by atoms with Crippen LogP contribution in [0.25, 0.3) is 10.6 Å². The Morgan fingerprint density at radius 2 is 1.56 bits per heavy atom. The second-order valence-corrected chi connectivity index (χ2v) is 8.96. The SMILES string of the molecule is COc1ccccc1-c1nc(C(=O)N2CCN(C(=O)c3ccc(C(C)C)cc3)CC2)cs1. The first kappa shape index (κ1) is 22.0. The van der Waals surface area contributed by atoms with Crippen molar-refractivity contribution >= 4 is 23.2 Å². The summed E-state index contributed by atoms with van der Waals surface area (Å²) in [6.07, 6.45) is 0. The average Bonchev–Trinajstić information content (AvgIpc) is 3.33. The fourth-order valence-corrected chi connectivity index (χ4v) is 4.61. The number of methoxy groups -OCH3 is 1. The van der Waals surface area contributed by atoms with Gasteiger partial charge in [-0.15, -0.1) is 11.3 Å². The molecule has 1 aliphatic rings. The third-order valence-electron chi connectivity index (χ3n) is 5.74. The first-order chi connectivity index (χ1) is 15.5. The van der Waals surface area contributed by atoms with Gasteiger partial charge in [0.1, 0.15) is 16.5 Å². The molecular formula is C25H27N3O3S. The molecule has 0 N–H and O–H groups in total. The summed E-state index contributed by atoms with van der Waals surface area (Å²) >= 11 is 1.43. The summed E-state index contributed by atoms with van der Waals surface area (Å²) < 4.78 is 5.41. The second-order valence-electron chi connectivity index (χ2n) is 8.10. The van der Waals surface area contributed by atoms with Crippen LogP contribution in [0.15, 0.2) is 53.9 Å². The van der Waals surface area contributed by atoms with Crippen molar-refractivity contribution in [1.29, 1.82) is 0 Å². The Morgan fingerprint density at radius 1 is 0.938 bits per heavy atom. The van der Waals surface area contributed by atoms with Crippen molar-refractivity contribution in [1.82, 2.24) is 14.8 Å². The normalized spacial score (nSPS) is 14.0. The molecule has 6 nitrogen and oxygen atoms in total. The molecule has 166 valence electrons. The number of thiazole rings is 1. The summed E-state index contributed by atoms with van der Waals surface area (Å²) in [6.45, 7) is 6.29. The molecule has 2 aromatic carbocycles. The van der Waals surface area contributed by atoms with Gasteiger partial charge in [-0.25, -0.2) is 4.98 Å². The Hall–Kier alpha value is -3.19. The van der Waals surface area contributed by atoms with E-state index in [4.69, 9.17) is 4.74 Å². The monoisotopic (exact) mass is 449 g/mol. The minimum atomic E-state index is -0.101. The van der Waals surface area contributed by atoms with Crippen molar-refractivity contribution in [2.24, 2.45) is 0 Å². The van der Waals surface area contributed by atoms with Gasteiger partial charge in [0, 0.05) is 37.1 Å². The number of hydrogen-bond acceptors (Lipinski definition) is 5. The average molecular weight is 450 g/mol. The van der Waals surface area contributed by atoms with Gasteiger partial charge in [-0.3, -0.25) is 9.59 Å². The molecule has 4 rings (SSSR count). The van der Waals surface area contributed by atoms with Gasteiger partial charge in [0.25, 0.3) is 11.8 Å². The summed E-state index contributed by atoms with van der Waals surface area (Å²) in [5.41, 5.74) is 3.21. The van der Waals surface area contributed by atoms with Gasteiger partial charge in [-0.2, -0.15) is 0 Å². The van der Waals surface area contributed by atoms with E-state index in [1.54, 1.807) is 17.4 Å². The number of benzene rings is 2. The lowest BCUT2D eigenvalue weighted by molar-refractivity contribution is 0.0533. The standard InChI is InChI=1S/C25H27N3O3S/c1-17(2)18-8-10-19(11-9-18)24(29)27-12-14-28(15-13-27)25(30)21-16-32-23(26-21)20-6-4-5-7-22(20)31-3/h4-11,16-17H,12-15H2,1-3H3. The molecule has 32 heavy (non-hydrogen) atoms. The molecule has 0 aliphatic carbocycles. The molecule has 2 amide bonds. The summed E-state index contributed by atoms with van der Waals surface area (Å²) in [7, 11) is 1.62.